The van der Waals surface area contributed by atoms with Crippen LogP contribution in [0.1, 0.15) is 56.1 Å². The van der Waals surface area contributed by atoms with E-state index in [-0.39, 0.29) is 0 Å². The van der Waals surface area contributed by atoms with Crippen molar-refractivity contribution in [2.24, 2.45) is 0 Å². The fourth-order valence-electron chi connectivity index (χ4n) is 2.69. The number of rotatable bonds is 7. The lowest BCUT2D eigenvalue weighted by molar-refractivity contribution is 0.199. The maximum atomic E-state index is 5.90. The highest BCUT2D eigenvalue weighted by molar-refractivity contribution is 5.02. The van der Waals surface area contributed by atoms with Gasteiger partial charge in [-0.15, -0.1) is 0 Å². The molecule has 108 valence electrons. The van der Waals surface area contributed by atoms with Crippen LogP contribution in [0.5, 0.6) is 0 Å². The second-order valence-electron chi connectivity index (χ2n) is 5.34. The van der Waals surface area contributed by atoms with Gasteiger partial charge in [0.25, 0.3) is 0 Å². The largest absolute Gasteiger partial charge is 0.445 e. The average molecular weight is 266 g/mol. The number of hydrogen-bond donors (Lipinski definition) is 1. The highest BCUT2D eigenvalue weighted by Gasteiger charge is 2.18. The van der Waals surface area contributed by atoms with Crippen LogP contribution in [-0.2, 0) is 11.2 Å². The molecule has 0 aromatic carbocycles. The number of nitrogens with zero attached hydrogens (tertiary/aromatic N) is 1. The van der Waals surface area contributed by atoms with Crippen molar-refractivity contribution in [3.8, 4) is 0 Å². The van der Waals surface area contributed by atoms with Gasteiger partial charge >= 0.3 is 0 Å². The zero-order valence-corrected chi connectivity index (χ0v) is 12.0. The summed E-state index contributed by atoms with van der Waals surface area (Å²) in [5, 5.41) is 3.31. The van der Waals surface area contributed by atoms with Crippen molar-refractivity contribution in [1.29, 1.82) is 0 Å². The Morgan fingerprint density at radius 1 is 1.26 bits per heavy atom. The van der Waals surface area contributed by atoms with E-state index in [1.54, 1.807) is 7.11 Å². The predicted octanol–water partition coefficient (Wildman–Crippen LogP) is 2.89. The van der Waals surface area contributed by atoms with Crippen molar-refractivity contribution in [2.45, 2.75) is 50.9 Å². The van der Waals surface area contributed by atoms with Gasteiger partial charge in [0.05, 0.1) is 12.8 Å². The first-order valence-electron chi connectivity index (χ1n) is 7.54. The Hall–Kier alpha value is -0.870. The first kappa shape index (κ1) is 14.5. The molecule has 0 amide bonds. The number of methoxy groups -OCH3 is 1. The molecule has 0 radical (unpaired) electrons. The van der Waals surface area contributed by atoms with E-state index in [1.165, 1.54) is 38.5 Å². The summed E-state index contributed by atoms with van der Waals surface area (Å²) >= 11 is 0. The van der Waals surface area contributed by atoms with E-state index >= 15 is 0 Å². The minimum atomic E-state index is 0.602. The molecule has 2 rings (SSSR count). The molecule has 4 nitrogen and oxygen atoms in total. The van der Waals surface area contributed by atoms with Gasteiger partial charge in [0, 0.05) is 32.5 Å². The molecule has 1 aromatic heterocycles. The maximum Gasteiger partial charge on any atom is 0.195 e. The summed E-state index contributed by atoms with van der Waals surface area (Å²) in [6, 6.07) is 0. The lowest BCUT2D eigenvalue weighted by Crippen LogP contribution is -2.21. The Balaban J connectivity index is 1.74. The third-order valence-corrected chi connectivity index (χ3v) is 3.83. The molecule has 0 saturated heterocycles. The highest BCUT2D eigenvalue weighted by atomic mass is 16.5. The molecule has 1 aliphatic rings. The van der Waals surface area contributed by atoms with Crippen LogP contribution >= 0.6 is 0 Å². The fraction of sp³-hybridized carbons (Fsp3) is 0.800. The molecule has 0 aliphatic heterocycles. The molecule has 1 aliphatic carbocycles. The summed E-state index contributed by atoms with van der Waals surface area (Å²) in [4.78, 5) is 4.40. The SMILES string of the molecule is COCCNCCc1ncc(C2CCCCCC2)o1. The summed E-state index contributed by atoms with van der Waals surface area (Å²) in [7, 11) is 1.72. The monoisotopic (exact) mass is 266 g/mol. The first-order chi connectivity index (χ1) is 9.40. The normalized spacial score (nSPS) is 17.5. The van der Waals surface area contributed by atoms with Crippen molar-refractivity contribution < 1.29 is 9.15 Å². The Morgan fingerprint density at radius 2 is 2.05 bits per heavy atom. The van der Waals surface area contributed by atoms with Crippen LogP contribution in [0.2, 0.25) is 0 Å². The summed E-state index contributed by atoms with van der Waals surface area (Å²) in [5.41, 5.74) is 0. The fourth-order valence-corrected chi connectivity index (χ4v) is 2.69. The van der Waals surface area contributed by atoms with E-state index in [0.29, 0.717) is 5.92 Å². The van der Waals surface area contributed by atoms with Crippen molar-refractivity contribution in [3.05, 3.63) is 17.8 Å². The summed E-state index contributed by atoms with van der Waals surface area (Å²) in [6.07, 6.45) is 10.7. The number of ether oxygens (including phenoxy) is 1. The van der Waals surface area contributed by atoms with Crippen molar-refractivity contribution >= 4 is 0 Å². The summed E-state index contributed by atoms with van der Waals surface area (Å²) in [6.45, 7) is 2.53. The number of oxazole rings is 1. The Morgan fingerprint density at radius 3 is 2.79 bits per heavy atom. The standard InChI is InChI=1S/C15H26N2O2/c1-18-11-10-16-9-8-15-17-12-14(19-15)13-6-4-2-3-5-7-13/h12-13,16H,2-11H2,1H3. The molecule has 0 spiro atoms. The predicted molar refractivity (Wildman–Crippen MR) is 75.4 cm³/mol. The Bertz CT molecular complexity index is 344. The van der Waals surface area contributed by atoms with Gasteiger partial charge < -0.3 is 14.5 Å². The van der Waals surface area contributed by atoms with Gasteiger partial charge in [0.2, 0.25) is 0 Å². The minimum Gasteiger partial charge on any atom is -0.445 e. The summed E-state index contributed by atoms with van der Waals surface area (Å²) in [5.74, 6) is 2.57. The zero-order chi connectivity index (χ0) is 13.3. The molecule has 0 bridgehead atoms. The highest BCUT2D eigenvalue weighted by Crippen LogP contribution is 2.31. The van der Waals surface area contributed by atoms with Crippen molar-refractivity contribution in [3.63, 3.8) is 0 Å². The van der Waals surface area contributed by atoms with Crippen LogP contribution in [0, 0.1) is 0 Å². The van der Waals surface area contributed by atoms with E-state index in [0.717, 1.165) is 37.8 Å². The maximum absolute atomic E-state index is 5.90. The first-order valence-corrected chi connectivity index (χ1v) is 7.54. The van der Waals surface area contributed by atoms with Gasteiger partial charge in [0.1, 0.15) is 5.76 Å². The van der Waals surface area contributed by atoms with Crippen LogP contribution in [0.3, 0.4) is 0 Å². The van der Waals surface area contributed by atoms with E-state index in [2.05, 4.69) is 10.3 Å². The van der Waals surface area contributed by atoms with Gasteiger partial charge in [-0.3, -0.25) is 0 Å². The van der Waals surface area contributed by atoms with Crippen LogP contribution in [0.15, 0.2) is 10.6 Å². The third-order valence-electron chi connectivity index (χ3n) is 3.83. The van der Waals surface area contributed by atoms with E-state index in [1.807, 2.05) is 6.20 Å². The number of hydrogen-bond acceptors (Lipinski definition) is 4. The Labute approximate surface area is 115 Å². The lowest BCUT2D eigenvalue weighted by Gasteiger charge is -2.09. The van der Waals surface area contributed by atoms with Crippen LogP contribution in [0.4, 0.5) is 0 Å². The van der Waals surface area contributed by atoms with Gasteiger partial charge in [-0.1, -0.05) is 25.7 Å². The van der Waals surface area contributed by atoms with Gasteiger partial charge in [-0.25, -0.2) is 4.98 Å². The van der Waals surface area contributed by atoms with Crippen molar-refractivity contribution in [1.82, 2.24) is 10.3 Å². The topological polar surface area (TPSA) is 47.3 Å². The number of aromatic nitrogens is 1. The molecule has 4 heteroatoms. The van der Waals surface area contributed by atoms with E-state index in [9.17, 15) is 0 Å². The molecular formula is C15H26N2O2. The minimum absolute atomic E-state index is 0.602. The van der Waals surface area contributed by atoms with E-state index < -0.39 is 0 Å². The molecule has 19 heavy (non-hydrogen) atoms. The second-order valence-corrected chi connectivity index (χ2v) is 5.34. The molecule has 1 heterocycles. The smallest absolute Gasteiger partial charge is 0.195 e. The van der Waals surface area contributed by atoms with Gasteiger partial charge in [-0.05, 0) is 12.8 Å². The van der Waals surface area contributed by atoms with Gasteiger partial charge in [0.15, 0.2) is 5.89 Å². The lowest BCUT2D eigenvalue weighted by atomic mass is 9.98. The molecule has 1 saturated carbocycles. The molecule has 1 aromatic rings. The van der Waals surface area contributed by atoms with Crippen LogP contribution in [0.25, 0.3) is 0 Å². The van der Waals surface area contributed by atoms with E-state index in [4.69, 9.17) is 9.15 Å². The van der Waals surface area contributed by atoms with Gasteiger partial charge in [-0.2, -0.15) is 0 Å². The van der Waals surface area contributed by atoms with Crippen LogP contribution in [-0.4, -0.2) is 31.8 Å². The number of nitrogens with one attached hydrogen (secondary N) is 1. The second kappa shape index (κ2) is 8.33. The molecule has 1 fully saturated rings. The molecule has 0 atom stereocenters. The average Bonchev–Trinajstić information content (AvgIpc) is 2.72. The quantitative estimate of drug-likeness (QED) is 0.609. The molecule has 1 N–H and O–H groups in total. The molecular weight excluding hydrogens is 240 g/mol. The van der Waals surface area contributed by atoms with Crippen molar-refractivity contribution in [2.75, 3.05) is 26.8 Å². The Kier molecular flexibility index (Phi) is 6.37. The van der Waals surface area contributed by atoms with Crippen LogP contribution < -0.4 is 5.32 Å². The third kappa shape index (κ3) is 4.96. The molecule has 0 unspecified atom stereocenters. The summed E-state index contributed by atoms with van der Waals surface area (Å²) < 4.78 is 10.9. The zero-order valence-electron chi connectivity index (χ0n) is 12.0.